The number of ether oxygens (including phenoxy) is 1. The molecule has 3 aromatic carbocycles. The van der Waals surface area contributed by atoms with Crippen molar-refractivity contribution in [2.45, 2.75) is 39.7 Å². The summed E-state index contributed by atoms with van der Waals surface area (Å²) in [6.07, 6.45) is 2.25. The van der Waals surface area contributed by atoms with E-state index in [1.54, 1.807) is 6.92 Å². The summed E-state index contributed by atoms with van der Waals surface area (Å²) in [5.41, 5.74) is 13.4. The van der Waals surface area contributed by atoms with Gasteiger partial charge in [-0.15, -0.1) is 0 Å². The Morgan fingerprint density at radius 2 is 1.66 bits per heavy atom. The third-order valence-corrected chi connectivity index (χ3v) is 5.40. The van der Waals surface area contributed by atoms with Crippen LogP contribution in [0.4, 0.5) is 5.69 Å². The summed E-state index contributed by atoms with van der Waals surface area (Å²) < 4.78 is 6.47. The minimum atomic E-state index is 0.157. The van der Waals surface area contributed by atoms with Crippen molar-refractivity contribution < 1.29 is 9.53 Å². The highest BCUT2D eigenvalue weighted by atomic mass is 16.5. The van der Waals surface area contributed by atoms with Gasteiger partial charge in [0.15, 0.2) is 0 Å². The number of carbonyl (C=O) groups is 1. The van der Waals surface area contributed by atoms with Crippen molar-refractivity contribution in [1.82, 2.24) is 4.57 Å². The van der Waals surface area contributed by atoms with Crippen molar-refractivity contribution in [1.29, 1.82) is 0 Å². The lowest BCUT2D eigenvalue weighted by molar-refractivity contribution is -0.128. The molecule has 4 aromatic rings. The van der Waals surface area contributed by atoms with Crippen molar-refractivity contribution in [3.63, 3.8) is 0 Å². The normalized spacial score (nSPS) is 11.0. The van der Waals surface area contributed by atoms with E-state index < -0.39 is 0 Å². The molecule has 1 heterocycles. The number of nitrogen functional groups attached to an aromatic ring is 1. The number of nitrogens with zero attached hydrogens (tertiary/aromatic N) is 1. The summed E-state index contributed by atoms with van der Waals surface area (Å²) in [4.78, 5) is 9.18. The van der Waals surface area contributed by atoms with Crippen LogP contribution in [0.25, 0.3) is 22.0 Å². The minimum Gasteiger partial charge on any atom is -0.468 e. The molecule has 0 unspecified atom stereocenters. The molecule has 0 aliphatic carbocycles. The van der Waals surface area contributed by atoms with E-state index in [0.29, 0.717) is 13.1 Å². The van der Waals surface area contributed by atoms with E-state index in [1.807, 2.05) is 6.07 Å². The molecule has 4 nitrogen and oxygen atoms in total. The van der Waals surface area contributed by atoms with Gasteiger partial charge in [-0.05, 0) is 47.2 Å². The summed E-state index contributed by atoms with van der Waals surface area (Å²) in [5, 5.41) is 1.20. The fourth-order valence-electron chi connectivity index (χ4n) is 3.67. The van der Waals surface area contributed by atoms with E-state index in [-0.39, 0.29) is 5.41 Å². The van der Waals surface area contributed by atoms with Crippen LogP contribution in [0.15, 0.2) is 79.0 Å². The topological polar surface area (TPSA) is 57.2 Å². The second kappa shape index (κ2) is 10.2. The van der Waals surface area contributed by atoms with E-state index in [2.05, 4.69) is 103 Å². The van der Waals surface area contributed by atoms with Crippen molar-refractivity contribution in [2.75, 3.05) is 12.3 Å². The fraction of sp³-hybridized carbons (Fsp3) is 0.250. The highest BCUT2D eigenvalue weighted by Gasteiger charge is 2.15. The summed E-state index contributed by atoms with van der Waals surface area (Å²) in [5.74, 6) is 0. The Bertz CT molecular complexity index is 1150. The van der Waals surface area contributed by atoms with Gasteiger partial charge >= 0.3 is 0 Å². The number of nitrogens with two attached hydrogens (primary N) is 1. The SMILES string of the molecule is CC(C)(C)c1ccc(-c2cn(Cc3ccccc3)c3ccc(N)cc23)cc1.CCOC=O. The van der Waals surface area contributed by atoms with Gasteiger partial charge < -0.3 is 15.0 Å². The number of rotatable bonds is 5. The first-order valence-electron chi connectivity index (χ1n) is 10.9. The predicted octanol–water partition coefficient (Wildman–Crippen LogP) is 6.42. The smallest absolute Gasteiger partial charge is 0.293 e. The Kier molecular flexibility index (Phi) is 7.37. The largest absolute Gasteiger partial charge is 0.468 e. The Hall–Kier alpha value is -3.53. The molecule has 0 fully saturated rings. The molecule has 0 aliphatic rings. The zero-order chi connectivity index (χ0) is 23.1. The highest BCUT2D eigenvalue weighted by molar-refractivity contribution is 5.97. The Balaban J connectivity index is 0.000000523. The van der Waals surface area contributed by atoms with Gasteiger partial charge in [0.05, 0.1) is 6.61 Å². The third-order valence-electron chi connectivity index (χ3n) is 5.40. The zero-order valence-corrected chi connectivity index (χ0v) is 19.3. The summed E-state index contributed by atoms with van der Waals surface area (Å²) in [6.45, 7) is 10.2. The Labute approximate surface area is 190 Å². The maximum Gasteiger partial charge on any atom is 0.293 e. The number of carbonyl (C=O) groups excluding carboxylic acids is 1. The lowest BCUT2D eigenvalue weighted by Gasteiger charge is -2.19. The summed E-state index contributed by atoms with van der Waals surface area (Å²) in [6, 6.07) is 25.7. The molecule has 0 atom stereocenters. The second-order valence-corrected chi connectivity index (χ2v) is 8.81. The quantitative estimate of drug-likeness (QED) is 0.295. The Morgan fingerprint density at radius 1 is 0.969 bits per heavy atom. The van der Waals surface area contributed by atoms with Gasteiger partial charge in [0, 0.05) is 34.9 Å². The van der Waals surface area contributed by atoms with Crippen LogP contribution >= 0.6 is 0 Å². The lowest BCUT2D eigenvalue weighted by atomic mass is 9.86. The van der Waals surface area contributed by atoms with Crippen molar-refractivity contribution in [3.05, 3.63) is 90.1 Å². The number of hydrogen-bond donors (Lipinski definition) is 1. The molecule has 4 heteroatoms. The van der Waals surface area contributed by atoms with Crippen molar-refractivity contribution >= 4 is 23.1 Å². The second-order valence-electron chi connectivity index (χ2n) is 8.81. The van der Waals surface area contributed by atoms with E-state index in [0.717, 1.165) is 12.2 Å². The zero-order valence-electron chi connectivity index (χ0n) is 19.3. The summed E-state index contributed by atoms with van der Waals surface area (Å²) >= 11 is 0. The number of fused-ring (bicyclic) bond motifs is 1. The molecule has 4 rings (SSSR count). The molecule has 0 saturated heterocycles. The number of aromatic nitrogens is 1. The van der Waals surface area contributed by atoms with Crippen molar-refractivity contribution in [3.8, 4) is 11.1 Å². The number of benzene rings is 3. The molecular weight excluding hydrogens is 396 g/mol. The first-order chi connectivity index (χ1) is 15.3. The summed E-state index contributed by atoms with van der Waals surface area (Å²) in [7, 11) is 0. The van der Waals surface area contributed by atoms with E-state index in [4.69, 9.17) is 5.73 Å². The molecule has 0 amide bonds. The van der Waals surface area contributed by atoms with E-state index in [9.17, 15) is 4.79 Å². The van der Waals surface area contributed by atoms with Gasteiger partial charge in [0.1, 0.15) is 0 Å². The van der Waals surface area contributed by atoms with Crippen molar-refractivity contribution in [2.24, 2.45) is 0 Å². The van der Waals surface area contributed by atoms with E-state index in [1.165, 1.54) is 33.2 Å². The minimum absolute atomic E-state index is 0.157. The molecule has 0 saturated carbocycles. The fourth-order valence-corrected chi connectivity index (χ4v) is 3.67. The van der Waals surface area contributed by atoms with Gasteiger partial charge in [0.2, 0.25) is 0 Å². The highest BCUT2D eigenvalue weighted by Crippen LogP contribution is 2.34. The predicted molar refractivity (Wildman–Crippen MR) is 134 cm³/mol. The van der Waals surface area contributed by atoms with Crippen LogP contribution in [0.2, 0.25) is 0 Å². The molecular formula is C28H32N2O2. The van der Waals surface area contributed by atoms with Crippen LogP contribution in [0.3, 0.4) is 0 Å². The maximum atomic E-state index is 9.18. The molecule has 0 bridgehead atoms. The van der Waals surface area contributed by atoms with Crippen LogP contribution in [0, 0.1) is 0 Å². The first kappa shape index (κ1) is 23.1. The number of hydrogen-bond acceptors (Lipinski definition) is 3. The monoisotopic (exact) mass is 428 g/mol. The average Bonchev–Trinajstić information content (AvgIpc) is 3.12. The van der Waals surface area contributed by atoms with Crippen LogP contribution in [0.5, 0.6) is 0 Å². The first-order valence-corrected chi connectivity index (χ1v) is 10.9. The lowest BCUT2D eigenvalue weighted by Crippen LogP contribution is -2.10. The molecule has 32 heavy (non-hydrogen) atoms. The maximum absolute atomic E-state index is 9.18. The molecule has 0 radical (unpaired) electrons. The van der Waals surface area contributed by atoms with Crippen LogP contribution in [-0.4, -0.2) is 17.6 Å². The number of anilines is 1. The van der Waals surface area contributed by atoms with Gasteiger partial charge in [-0.3, -0.25) is 4.79 Å². The van der Waals surface area contributed by atoms with Crippen LogP contribution < -0.4 is 5.73 Å². The van der Waals surface area contributed by atoms with Gasteiger partial charge in [-0.1, -0.05) is 75.4 Å². The Morgan fingerprint density at radius 3 is 2.22 bits per heavy atom. The van der Waals surface area contributed by atoms with Gasteiger partial charge in [-0.2, -0.15) is 0 Å². The van der Waals surface area contributed by atoms with E-state index >= 15 is 0 Å². The molecule has 0 aliphatic heterocycles. The third kappa shape index (κ3) is 5.58. The van der Waals surface area contributed by atoms with Crippen LogP contribution in [0.1, 0.15) is 38.8 Å². The van der Waals surface area contributed by atoms with Gasteiger partial charge in [0.25, 0.3) is 6.47 Å². The molecule has 166 valence electrons. The van der Waals surface area contributed by atoms with Crippen LogP contribution in [-0.2, 0) is 21.5 Å². The molecule has 1 aromatic heterocycles. The molecule has 2 N–H and O–H groups in total. The van der Waals surface area contributed by atoms with Gasteiger partial charge in [-0.25, -0.2) is 0 Å². The molecule has 0 spiro atoms. The standard InChI is InChI=1S/C25H26N2.C3H6O2/c1-25(2,3)20-11-9-19(10-12-20)23-17-27(16-18-7-5-4-6-8-18)24-14-13-21(26)15-22(23)24;1-2-5-3-4/h4-15,17H,16,26H2,1-3H3;3H,2H2,1H3. The average molecular weight is 429 g/mol.